The number of likely N-dealkylation sites (N-methyl/N-ethyl adjacent to an activating group) is 1. The molecule has 0 heterocycles. The van der Waals surface area contributed by atoms with Crippen LogP contribution in [0.15, 0.2) is 30.8 Å². The average Bonchev–Trinajstić information content (AvgIpc) is 2.77. The van der Waals surface area contributed by atoms with Crippen LogP contribution < -0.4 is 16.4 Å². The van der Waals surface area contributed by atoms with Crippen molar-refractivity contribution in [2.75, 3.05) is 7.05 Å². The van der Waals surface area contributed by atoms with Gasteiger partial charge in [-0.3, -0.25) is 14.4 Å². The Morgan fingerprint density at radius 2 is 1.86 bits per heavy atom. The maximum absolute atomic E-state index is 13.5. The molecule has 0 saturated heterocycles. The molecule has 1 aliphatic rings. The summed E-state index contributed by atoms with van der Waals surface area (Å²) in [5.74, 6) is -1.74. The third-order valence-corrected chi connectivity index (χ3v) is 5.79. The van der Waals surface area contributed by atoms with Crippen molar-refractivity contribution in [3.8, 4) is 0 Å². The number of carbonyl (C=O) groups excluding carboxylic acids is 4. The van der Waals surface area contributed by atoms with Crippen LogP contribution in [0, 0.1) is 0 Å². The third kappa shape index (κ3) is 8.73. The summed E-state index contributed by atoms with van der Waals surface area (Å²) >= 11 is 0. The summed E-state index contributed by atoms with van der Waals surface area (Å²) in [6.07, 6.45) is 5.34. The number of benzene rings is 1. The van der Waals surface area contributed by atoms with Crippen LogP contribution in [0.5, 0.6) is 0 Å². The minimum absolute atomic E-state index is 0.0335. The molecule has 2 rings (SSSR count). The van der Waals surface area contributed by atoms with Crippen molar-refractivity contribution in [2.45, 2.75) is 83.0 Å². The van der Waals surface area contributed by atoms with Crippen LogP contribution >= 0.6 is 0 Å². The Morgan fingerprint density at radius 3 is 2.43 bits per heavy atom. The fourth-order valence-corrected chi connectivity index (χ4v) is 4.16. The molecule has 0 spiro atoms. The van der Waals surface area contributed by atoms with Crippen LogP contribution in [0.1, 0.15) is 76.5 Å². The zero-order chi connectivity index (χ0) is 26.2. The van der Waals surface area contributed by atoms with Crippen LogP contribution in [-0.2, 0) is 19.1 Å². The first-order valence-corrected chi connectivity index (χ1v) is 12.0. The Hall–Kier alpha value is -3.36. The van der Waals surface area contributed by atoms with Gasteiger partial charge in [0.15, 0.2) is 0 Å². The van der Waals surface area contributed by atoms with Gasteiger partial charge in [0.25, 0.3) is 0 Å². The summed E-state index contributed by atoms with van der Waals surface area (Å²) in [5, 5.41) is 5.51. The summed E-state index contributed by atoms with van der Waals surface area (Å²) in [4.78, 5) is 52.3. The largest absolute Gasteiger partial charge is 0.444 e. The van der Waals surface area contributed by atoms with E-state index in [9.17, 15) is 19.2 Å². The molecule has 1 aromatic carbocycles. The quantitative estimate of drug-likeness (QED) is 0.494. The molecule has 0 bridgehead atoms. The zero-order valence-electron chi connectivity index (χ0n) is 21.1. The number of ether oxygens (including phenoxy) is 1. The Bertz CT molecular complexity index is 934. The number of hydrogen-bond acceptors (Lipinski definition) is 5. The highest BCUT2D eigenvalue weighted by molar-refractivity contribution is 5.94. The lowest BCUT2D eigenvalue weighted by Gasteiger charge is -2.33. The van der Waals surface area contributed by atoms with Gasteiger partial charge in [0, 0.05) is 13.1 Å². The van der Waals surface area contributed by atoms with Crippen LogP contribution in [-0.4, -0.2) is 53.4 Å². The molecule has 1 saturated carbocycles. The zero-order valence-corrected chi connectivity index (χ0v) is 21.1. The third-order valence-electron chi connectivity index (χ3n) is 5.79. The van der Waals surface area contributed by atoms with E-state index in [1.807, 2.05) is 6.07 Å². The Balaban J connectivity index is 2.34. The lowest BCUT2D eigenvalue weighted by molar-refractivity contribution is -0.142. The second-order valence-electron chi connectivity index (χ2n) is 9.94. The van der Waals surface area contributed by atoms with Crippen LogP contribution in [0.3, 0.4) is 0 Å². The Kier molecular flexibility index (Phi) is 9.86. The van der Waals surface area contributed by atoms with Gasteiger partial charge >= 0.3 is 6.09 Å². The normalized spacial score (nSPS) is 15.9. The number of nitrogens with one attached hydrogen (secondary N) is 2. The molecule has 2 atom stereocenters. The van der Waals surface area contributed by atoms with Crippen molar-refractivity contribution in [3.63, 3.8) is 0 Å². The molecule has 35 heavy (non-hydrogen) atoms. The van der Waals surface area contributed by atoms with E-state index in [-0.39, 0.29) is 11.9 Å². The monoisotopic (exact) mass is 486 g/mol. The van der Waals surface area contributed by atoms with Crippen molar-refractivity contribution in [1.29, 1.82) is 0 Å². The number of hydrogen-bond donors (Lipinski definition) is 3. The SMILES string of the molecule is C=Cc1cccc(C(C(=O)NC2CCCCC2)N(C)C(=O)C(CC(N)=O)NC(=O)OC(C)(C)C)c1. The standard InChI is InChI=1S/C26H38N4O5/c1-6-17-11-10-12-18(15-17)22(23(32)28-19-13-8-7-9-14-19)30(5)24(33)20(16-21(27)31)29-25(34)35-26(2,3)4/h6,10-12,15,19-20,22H,1,7-9,13-14,16H2,2-5H3,(H2,27,31)(H,28,32)(H,29,34). The van der Waals surface area contributed by atoms with E-state index < -0.39 is 42.0 Å². The van der Waals surface area contributed by atoms with Gasteiger partial charge in [-0.1, -0.05) is 50.1 Å². The molecule has 1 aliphatic carbocycles. The van der Waals surface area contributed by atoms with E-state index in [2.05, 4.69) is 17.2 Å². The molecule has 0 aliphatic heterocycles. The average molecular weight is 487 g/mol. The van der Waals surface area contributed by atoms with E-state index in [0.717, 1.165) is 37.7 Å². The van der Waals surface area contributed by atoms with Gasteiger partial charge in [0.1, 0.15) is 17.7 Å². The molecule has 1 fully saturated rings. The van der Waals surface area contributed by atoms with Crippen LogP contribution in [0.4, 0.5) is 4.79 Å². The number of nitrogens with zero attached hydrogens (tertiary/aromatic N) is 1. The Morgan fingerprint density at radius 1 is 1.20 bits per heavy atom. The number of rotatable bonds is 9. The molecule has 9 nitrogen and oxygen atoms in total. The molecular formula is C26H38N4O5. The molecule has 0 aromatic heterocycles. The van der Waals surface area contributed by atoms with Crippen molar-refractivity contribution >= 4 is 29.9 Å². The summed E-state index contributed by atoms with van der Waals surface area (Å²) in [5.41, 5.74) is 5.92. The smallest absolute Gasteiger partial charge is 0.408 e. The maximum Gasteiger partial charge on any atom is 0.408 e. The summed E-state index contributed by atoms with van der Waals surface area (Å²) < 4.78 is 5.24. The van der Waals surface area contributed by atoms with Crippen molar-refractivity contribution in [2.24, 2.45) is 5.73 Å². The molecular weight excluding hydrogens is 448 g/mol. The molecule has 1 aromatic rings. The lowest BCUT2D eigenvalue weighted by Crippen LogP contribution is -2.53. The minimum atomic E-state index is -1.29. The number of carbonyl (C=O) groups is 4. The van der Waals surface area contributed by atoms with Gasteiger partial charge in [-0.2, -0.15) is 0 Å². The summed E-state index contributed by atoms with van der Waals surface area (Å²) in [7, 11) is 1.47. The van der Waals surface area contributed by atoms with E-state index in [0.29, 0.717) is 5.56 Å². The second kappa shape index (κ2) is 12.4. The number of primary amides is 1. The van der Waals surface area contributed by atoms with E-state index >= 15 is 0 Å². The number of alkyl carbamates (subject to hydrolysis) is 1. The van der Waals surface area contributed by atoms with E-state index in [1.165, 1.54) is 11.9 Å². The predicted molar refractivity (Wildman–Crippen MR) is 134 cm³/mol. The first kappa shape index (κ1) is 27.9. The minimum Gasteiger partial charge on any atom is -0.444 e. The maximum atomic E-state index is 13.5. The van der Waals surface area contributed by atoms with Gasteiger partial charge in [-0.05, 0) is 50.8 Å². The molecule has 2 unspecified atom stereocenters. The van der Waals surface area contributed by atoms with Crippen molar-refractivity contribution in [3.05, 3.63) is 42.0 Å². The predicted octanol–water partition coefficient (Wildman–Crippen LogP) is 3.05. The second-order valence-corrected chi connectivity index (χ2v) is 9.94. The van der Waals surface area contributed by atoms with Crippen molar-refractivity contribution < 1.29 is 23.9 Å². The summed E-state index contributed by atoms with van der Waals surface area (Å²) in [6.45, 7) is 8.83. The lowest BCUT2D eigenvalue weighted by atomic mass is 9.94. The van der Waals surface area contributed by atoms with Crippen molar-refractivity contribution in [1.82, 2.24) is 15.5 Å². The fourth-order valence-electron chi connectivity index (χ4n) is 4.16. The molecule has 192 valence electrons. The number of nitrogens with two attached hydrogens (primary N) is 1. The highest BCUT2D eigenvalue weighted by Gasteiger charge is 2.35. The number of amides is 4. The topological polar surface area (TPSA) is 131 Å². The first-order chi connectivity index (χ1) is 16.4. The highest BCUT2D eigenvalue weighted by atomic mass is 16.6. The molecule has 4 N–H and O–H groups in total. The van der Waals surface area contributed by atoms with Crippen LogP contribution in [0.2, 0.25) is 0 Å². The van der Waals surface area contributed by atoms with Gasteiger partial charge in [-0.25, -0.2) is 4.79 Å². The van der Waals surface area contributed by atoms with Gasteiger partial charge in [0.2, 0.25) is 17.7 Å². The molecule has 4 amide bonds. The van der Waals surface area contributed by atoms with Gasteiger partial charge in [0.05, 0.1) is 6.42 Å². The summed E-state index contributed by atoms with van der Waals surface area (Å²) in [6, 6.07) is 4.92. The van der Waals surface area contributed by atoms with Crippen LogP contribution in [0.25, 0.3) is 6.08 Å². The fraction of sp³-hybridized carbons (Fsp3) is 0.538. The first-order valence-electron chi connectivity index (χ1n) is 12.0. The van der Waals surface area contributed by atoms with E-state index in [1.54, 1.807) is 45.0 Å². The molecule has 9 heteroatoms. The van der Waals surface area contributed by atoms with E-state index in [4.69, 9.17) is 10.5 Å². The Labute approximate surface area is 207 Å². The van der Waals surface area contributed by atoms with Gasteiger partial charge in [-0.15, -0.1) is 0 Å². The highest BCUT2D eigenvalue weighted by Crippen LogP contribution is 2.25. The van der Waals surface area contributed by atoms with Gasteiger partial charge < -0.3 is 26.0 Å². The molecule has 0 radical (unpaired) electrons.